The van der Waals surface area contributed by atoms with Crippen LogP contribution in [0, 0.1) is 0 Å². The molecule has 1 aromatic rings. The van der Waals surface area contributed by atoms with Crippen molar-refractivity contribution in [3.05, 3.63) is 35.4 Å². The predicted molar refractivity (Wildman–Crippen MR) is 56.4 cm³/mol. The van der Waals surface area contributed by atoms with Crippen molar-refractivity contribution >= 4 is 5.91 Å². The fraction of sp³-hybridized carbons (Fsp3) is 0.417. The zero-order valence-corrected chi connectivity index (χ0v) is 8.81. The van der Waals surface area contributed by atoms with Crippen molar-refractivity contribution in [1.82, 2.24) is 5.06 Å². The summed E-state index contributed by atoms with van der Waals surface area (Å²) in [6.45, 7) is 1.39. The van der Waals surface area contributed by atoms with Crippen LogP contribution in [-0.2, 0) is 11.2 Å². The first-order valence-electron chi connectivity index (χ1n) is 5.26. The molecule has 1 unspecified atom stereocenters. The molecule has 0 aromatic heterocycles. The monoisotopic (exact) mass is 205 g/mol. The molecule has 0 bridgehead atoms. The summed E-state index contributed by atoms with van der Waals surface area (Å²) in [6.07, 6.45) is 2.90. The summed E-state index contributed by atoms with van der Waals surface area (Å²) < 4.78 is 0. The van der Waals surface area contributed by atoms with E-state index in [4.69, 9.17) is 0 Å². The highest BCUT2D eigenvalue weighted by atomic mass is 16.5. The topological polar surface area (TPSA) is 40.5 Å². The Labute approximate surface area is 89.3 Å². The van der Waals surface area contributed by atoms with Gasteiger partial charge in [0.05, 0.1) is 6.04 Å². The minimum absolute atomic E-state index is 0.160. The van der Waals surface area contributed by atoms with Gasteiger partial charge in [-0.3, -0.25) is 10.0 Å². The van der Waals surface area contributed by atoms with E-state index in [0.29, 0.717) is 0 Å². The molecule has 80 valence electrons. The average Bonchev–Trinajstić information content (AvgIpc) is 2.27. The van der Waals surface area contributed by atoms with Crippen LogP contribution in [0.3, 0.4) is 0 Å². The first kappa shape index (κ1) is 10.2. The van der Waals surface area contributed by atoms with E-state index in [1.807, 2.05) is 18.2 Å². The summed E-state index contributed by atoms with van der Waals surface area (Å²) in [5, 5.41) is 10.5. The molecule has 1 amide bonds. The van der Waals surface area contributed by atoms with E-state index in [2.05, 4.69) is 6.07 Å². The molecule has 0 spiro atoms. The van der Waals surface area contributed by atoms with E-state index in [1.54, 1.807) is 0 Å². The van der Waals surface area contributed by atoms with Crippen molar-refractivity contribution in [3.63, 3.8) is 0 Å². The Morgan fingerprint density at radius 1 is 1.47 bits per heavy atom. The van der Waals surface area contributed by atoms with Crippen molar-refractivity contribution in [3.8, 4) is 0 Å². The summed E-state index contributed by atoms with van der Waals surface area (Å²) in [4.78, 5) is 11.1. The van der Waals surface area contributed by atoms with Crippen LogP contribution in [0.25, 0.3) is 0 Å². The number of hydrogen-bond acceptors (Lipinski definition) is 2. The number of rotatable bonds is 1. The number of benzene rings is 1. The van der Waals surface area contributed by atoms with Gasteiger partial charge in [0.1, 0.15) is 0 Å². The summed E-state index contributed by atoms with van der Waals surface area (Å²) in [7, 11) is 0. The lowest BCUT2D eigenvalue weighted by Gasteiger charge is -2.30. The number of nitrogens with zero attached hydrogens (tertiary/aromatic N) is 1. The molecule has 3 nitrogen and oxygen atoms in total. The van der Waals surface area contributed by atoms with E-state index in [1.165, 1.54) is 12.5 Å². The lowest BCUT2D eigenvalue weighted by molar-refractivity contribution is -0.175. The van der Waals surface area contributed by atoms with Crippen LogP contribution in [0.2, 0.25) is 0 Å². The van der Waals surface area contributed by atoms with Gasteiger partial charge in [-0.1, -0.05) is 24.3 Å². The van der Waals surface area contributed by atoms with Crippen LogP contribution in [0.1, 0.15) is 36.9 Å². The zero-order chi connectivity index (χ0) is 10.8. The lowest BCUT2D eigenvalue weighted by atomic mass is 9.87. The summed E-state index contributed by atoms with van der Waals surface area (Å²) in [5.74, 6) is -0.295. The molecule has 1 aromatic carbocycles. The Bertz CT molecular complexity index is 376. The van der Waals surface area contributed by atoms with Gasteiger partial charge in [0, 0.05) is 6.92 Å². The summed E-state index contributed by atoms with van der Waals surface area (Å²) >= 11 is 0. The molecule has 0 aliphatic heterocycles. The van der Waals surface area contributed by atoms with Gasteiger partial charge in [-0.05, 0) is 30.4 Å². The van der Waals surface area contributed by atoms with Crippen molar-refractivity contribution in [2.45, 2.75) is 32.2 Å². The molecule has 0 heterocycles. The van der Waals surface area contributed by atoms with Gasteiger partial charge in [-0.15, -0.1) is 0 Å². The second kappa shape index (κ2) is 4.03. The van der Waals surface area contributed by atoms with Crippen molar-refractivity contribution in [1.29, 1.82) is 0 Å². The minimum Gasteiger partial charge on any atom is -0.285 e. The number of amides is 1. The van der Waals surface area contributed by atoms with Crippen molar-refractivity contribution < 1.29 is 10.0 Å². The predicted octanol–water partition coefficient (Wildman–Crippen LogP) is 2.30. The van der Waals surface area contributed by atoms with Gasteiger partial charge in [-0.25, -0.2) is 5.06 Å². The van der Waals surface area contributed by atoms with Gasteiger partial charge < -0.3 is 0 Å². The molecular weight excluding hydrogens is 190 g/mol. The van der Waals surface area contributed by atoms with Crippen LogP contribution in [0.4, 0.5) is 0 Å². The Balaban J connectivity index is 2.33. The van der Waals surface area contributed by atoms with E-state index < -0.39 is 0 Å². The third-order valence-electron chi connectivity index (χ3n) is 2.96. The smallest absolute Gasteiger partial charge is 0.243 e. The summed E-state index contributed by atoms with van der Waals surface area (Å²) in [6, 6.07) is 7.84. The number of hydrogen-bond donors (Lipinski definition) is 1. The highest BCUT2D eigenvalue weighted by Gasteiger charge is 2.26. The van der Waals surface area contributed by atoms with E-state index in [0.717, 1.165) is 29.9 Å². The molecule has 15 heavy (non-hydrogen) atoms. The Morgan fingerprint density at radius 3 is 2.93 bits per heavy atom. The molecule has 2 rings (SSSR count). The third-order valence-corrected chi connectivity index (χ3v) is 2.96. The van der Waals surface area contributed by atoms with Gasteiger partial charge >= 0.3 is 0 Å². The standard InChI is InChI=1S/C12H15NO2/c1-9(14)13(15)12-8-4-6-10-5-2-3-7-11(10)12/h2-3,5,7,12,15H,4,6,8H2,1H3. The van der Waals surface area contributed by atoms with E-state index in [9.17, 15) is 10.0 Å². The number of aryl methyl sites for hydroxylation is 1. The Hall–Kier alpha value is -1.35. The molecule has 0 saturated carbocycles. The molecule has 0 radical (unpaired) electrons. The lowest BCUT2D eigenvalue weighted by Crippen LogP contribution is -2.32. The fourth-order valence-electron chi connectivity index (χ4n) is 2.20. The molecule has 3 heteroatoms. The van der Waals surface area contributed by atoms with Gasteiger partial charge in [0.25, 0.3) is 0 Å². The molecule has 1 atom stereocenters. The number of fused-ring (bicyclic) bond motifs is 1. The number of carbonyl (C=O) groups is 1. The van der Waals surface area contributed by atoms with E-state index in [-0.39, 0.29) is 11.9 Å². The molecular formula is C12H15NO2. The number of carbonyl (C=O) groups excluding carboxylic acids is 1. The maximum atomic E-state index is 11.1. The second-order valence-corrected chi connectivity index (χ2v) is 3.97. The van der Waals surface area contributed by atoms with Crippen LogP contribution in [0.15, 0.2) is 24.3 Å². The van der Waals surface area contributed by atoms with Gasteiger partial charge in [0.2, 0.25) is 5.91 Å². The van der Waals surface area contributed by atoms with E-state index >= 15 is 0 Å². The van der Waals surface area contributed by atoms with Crippen molar-refractivity contribution in [2.24, 2.45) is 0 Å². The van der Waals surface area contributed by atoms with Crippen LogP contribution in [0.5, 0.6) is 0 Å². The third kappa shape index (κ3) is 1.88. The first-order chi connectivity index (χ1) is 7.20. The average molecular weight is 205 g/mol. The molecule has 0 saturated heterocycles. The largest absolute Gasteiger partial charge is 0.285 e. The normalized spacial score (nSPS) is 19.5. The number of hydroxylamine groups is 2. The minimum atomic E-state index is -0.295. The van der Waals surface area contributed by atoms with Crippen molar-refractivity contribution in [2.75, 3.05) is 0 Å². The maximum Gasteiger partial charge on any atom is 0.243 e. The Morgan fingerprint density at radius 2 is 2.20 bits per heavy atom. The maximum absolute atomic E-state index is 11.1. The molecule has 1 N–H and O–H groups in total. The van der Waals surface area contributed by atoms with Crippen LogP contribution < -0.4 is 0 Å². The quantitative estimate of drug-likeness (QED) is 0.564. The van der Waals surface area contributed by atoms with Crippen LogP contribution in [-0.4, -0.2) is 16.2 Å². The SMILES string of the molecule is CC(=O)N(O)C1CCCc2ccccc21. The van der Waals surface area contributed by atoms with Crippen LogP contribution >= 0.6 is 0 Å². The first-order valence-corrected chi connectivity index (χ1v) is 5.26. The van der Waals surface area contributed by atoms with Gasteiger partial charge in [-0.2, -0.15) is 0 Å². The molecule has 1 aliphatic rings. The summed E-state index contributed by atoms with van der Waals surface area (Å²) in [5.41, 5.74) is 2.33. The highest BCUT2D eigenvalue weighted by molar-refractivity contribution is 5.72. The zero-order valence-electron chi connectivity index (χ0n) is 8.81. The molecule has 1 aliphatic carbocycles. The Kier molecular flexibility index (Phi) is 2.73. The fourth-order valence-corrected chi connectivity index (χ4v) is 2.20. The van der Waals surface area contributed by atoms with Gasteiger partial charge in [0.15, 0.2) is 0 Å². The second-order valence-electron chi connectivity index (χ2n) is 3.97. The molecule has 0 fully saturated rings. The highest BCUT2D eigenvalue weighted by Crippen LogP contribution is 2.33.